The molecule has 524 valence electrons. The van der Waals surface area contributed by atoms with Crippen molar-refractivity contribution < 1.29 is 57.8 Å². The van der Waals surface area contributed by atoms with Crippen molar-refractivity contribution in [2.24, 2.45) is 47.2 Å². The summed E-state index contributed by atoms with van der Waals surface area (Å²) in [5.74, 6) is -9.52. The monoisotopic (exact) mass is 1290 g/mol. The Morgan fingerprint density at radius 3 is 1.33 bits per heavy atom. The highest BCUT2D eigenvalue weighted by atomic mass is 16.3. The maximum atomic E-state index is 15.4. The molecule has 1 aliphatic rings. The molecule has 7 N–H and O–H groups in total. The number of nitrogens with zero attached hydrogens (tertiary/aromatic N) is 7. The van der Waals surface area contributed by atoms with Crippen LogP contribution in [0.25, 0.3) is 0 Å². The molecule has 1 saturated heterocycles. The Morgan fingerprint density at radius 1 is 0.440 bits per heavy atom. The van der Waals surface area contributed by atoms with E-state index in [4.69, 9.17) is 5.73 Å². The molecule has 0 saturated carbocycles. The number of carbonyl (C=O) groups is 11. The topological polar surface area (TPSA) is 305 Å². The lowest BCUT2D eigenvalue weighted by Gasteiger charge is -2.41. The summed E-state index contributed by atoms with van der Waals surface area (Å²) in [4.78, 5) is 170. The Kier molecular flexibility index (Phi) is 36.2. The van der Waals surface area contributed by atoms with Crippen LogP contribution in [0, 0.1) is 41.4 Å². The lowest BCUT2D eigenvalue weighted by molar-refractivity contribution is -0.157. The average Bonchev–Trinajstić information content (AvgIpc) is 0.925. The highest BCUT2D eigenvalue weighted by Crippen LogP contribution is 2.26. The molecule has 0 radical (unpaired) electrons. The fraction of sp³-hybridized carbons (Fsp3) is 0.836. The van der Waals surface area contributed by atoms with E-state index < -0.39 is 156 Å². The third-order valence-electron chi connectivity index (χ3n) is 17.6. The van der Waals surface area contributed by atoms with Gasteiger partial charge in [0.25, 0.3) is 0 Å². The number of carbonyl (C=O) groups excluding carboxylic acids is 11. The van der Waals surface area contributed by atoms with Crippen molar-refractivity contribution in [1.82, 2.24) is 55.6 Å². The highest BCUT2D eigenvalue weighted by molar-refractivity contribution is 5.99. The molecule has 0 bridgehead atoms. The van der Waals surface area contributed by atoms with Gasteiger partial charge >= 0.3 is 0 Å². The summed E-state index contributed by atoms with van der Waals surface area (Å²) in [5.41, 5.74) is 5.71. The number of aliphatic hydroxyl groups excluding tert-OH is 1. The van der Waals surface area contributed by atoms with Crippen LogP contribution >= 0.6 is 0 Å². The van der Waals surface area contributed by atoms with Gasteiger partial charge in [-0.05, 0) is 107 Å². The minimum atomic E-state index is -1.59. The van der Waals surface area contributed by atoms with Crippen molar-refractivity contribution in [3.05, 3.63) is 0 Å². The predicted molar refractivity (Wildman–Crippen MR) is 355 cm³/mol. The number of unbranched alkanes of at least 4 members (excludes halogenated alkanes) is 5. The number of nitrogens with two attached hydrogens (primary N) is 1. The normalized spacial score (nSPS) is 25.8. The zero-order valence-corrected chi connectivity index (χ0v) is 60.1. The van der Waals surface area contributed by atoms with E-state index in [0.717, 1.165) is 48.3 Å². The molecule has 0 aromatic heterocycles. The minimum Gasteiger partial charge on any atom is -0.390 e. The van der Waals surface area contributed by atoms with E-state index >= 15 is 19.2 Å². The number of aliphatic hydroxyl groups is 1. The largest absolute Gasteiger partial charge is 0.390 e. The summed E-state index contributed by atoms with van der Waals surface area (Å²) in [5, 5.41) is 23.5. The summed E-state index contributed by atoms with van der Waals surface area (Å²) < 4.78 is 0. The second-order valence-electron chi connectivity index (χ2n) is 28.4. The molecule has 1 fully saturated rings. The number of hydrogen-bond donors (Lipinski definition) is 6. The van der Waals surface area contributed by atoms with Crippen LogP contribution in [0.3, 0.4) is 0 Å². The molecule has 24 nitrogen and oxygen atoms in total. The van der Waals surface area contributed by atoms with E-state index in [1.165, 1.54) is 87.7 Å². The van der Waals surface area contributed by atoms with Crippen LogP contribution < -0.4 is 27.0 Å². The van der Waals surface area contributed by atoms with Gasteiger partial charge in [-0.15, -0.1) is 0 Å². The molecule has 0 aromatic rings. The molecule has 0 spiro atoms. The molecule has 1 heterocycles. The maximum absolute atomic E-state index is 15.4. The lowest BCUT2D eigenvalue weighted by atomic mass is 9.90. The second kappa shape index (κ2) is 39.6. The van der Waals surface area contributed by atoms with Crippen LogP contribution in [0.15, 0.2) is 0 Å². The van der Waals surface area contributed by atoms with Crippen LogP contribution in [0.2, 0.25) is 0 Å². The average molecular weight is 1290 g/mol. The molecular weight excluding hydrogens is 1160 g/mol. The molecule has 24 heteroatoms. The van der Waals surface area contributed by atoms with Crippen molar-refractivity contribution >= 4 is 65.0 Å². The Balaban J connectivity index is 4.35. The third kappa shape index (κ3) is 25.2. The van der Waals surface area contributed by atoms with Gasteiger partial charge in [-0.3, -0.25) is 52.7 Å². The summed E-state index contributed by atoms with van der Waals surface area (Å²) in [6.07, 6.45) is 5.58. The first kappa shape index (κ1) is 83.1. The number of amides is 11. The van der Waals surface area contributed by atoms with Gasteiger partial charge in [0.15, 0.2) is 0 Å². The lowest BCUT2D eigenvalue weighted by Crippen LogP contribution is -2.63. The first-order valence-electron chi connectivity index (χ1n) is 33.7. The molecule has 1 rings (SSSR count). The van der Waals surface area contributed by atoms with Gasteiger partial charge in [-0.1, -0.05) is 135 Å². The summed E-state index contributed by atoms with van der Waals surface area (Å²) in [6, 6.07) is -12.3. The van der Waals surface area contributed by atoms with Gasteiger partial charge in [-0.2, -0.15) is 0 Å². The fourth-order valence-electron chi connectivity index (χ4n) is 11.9. The maximum Gasteiger partial charge on any atom is 0.246 e. The van der Waals surface area contributed by atoms with Crippen LogP contribution in [0.5, 0.6) is 0 Å². The Labute approximate surface area is 546 Å². The molecule has 0 aliphatic carbocycles. The van der Waals surface area contributed by atoms with E-state index in [1.807, 2.05) is 62.3 Å². The Bertz CT molecular complexity index is 2390. The molecule has 0 unspecified atom stereocenters. The highest BCUT2D eigenvalue weighted by Gasteiger charge is 2.46. The van der Waals surface area contributed by atoms with Crippen LogP contribution in [0.1, 0.15) is 194 Å². The number of hydrogen-bond acceptors (Lipinski definition) is 13. The third-order valence-corrected chi connectivity index (χ3v) is 17.6. The fourth-order valence-corrected chi connectivity index (χ4v) is 11.9. The zero-order chi connectivity index (χ0) is 70.2. The van der Waals surface area contributed by atoms with Crippen LogP contribution in [0.4, 0.5) is 0 Å². The zero-order valence-electron chi connectivity index (χ0n) is 60.1. The predicted octanol–water partition coefficient (Wildman–Crippen LogP) is 4.38. The molecule has 12 atom stereocenters. The van der Waals surface area contributed by atoms with Gasteiger partial charge in [0.05, 0.1) is 12.6 Å². The van der Waals surface area contributed by atoms with Gasteiger partial charge in [0.1, 0.15) is 60.4 Å². The Hall–Kier alpha value is -5.91. The van der Waals surface area contributed by atoms with Gasteiger partial charge in [0, 0.05) is 49.3 Å². The van der Waals surface area contributed by atoms with Crippen molar-refractivity contribution in [2.75, 3.05) is 62.4 Å². The van der Waals surface area contributed by atoms with Crippen molar-refractivity contribution in [2.45, 2.75) is 261 Å². The van der Waals surface area contributed by atoms with Gasteiger partial charge < -0.3 is 66.4 Å². The minimum absolute atomic E-state index is 0.0979. The van der Waals surface area contributed by atoms with E-state index in [0.29, 0.717) is 19.4 Å². The van der Waals surface area contributed by atoms with Crippen molar-refractivity contribution in [3.8, 4) is 0 Å². The van der Waals surface area contributed by atoms with E-state index in [1.54, 1.807) is 34.6 Å². The molecule has 0 aromatic carbocycles. The first-order chi connectivity index (χ1) is 42.2. The molecule has 91 heavy (non-hydrogen) atoms. The van der Waals surface area contributed by atoms with Crippen molar-refractivity contribution in [3.63, 3.8) is 0 Å². The number of nitrogens with one attached hydrogen (secondary N) is 4. The summed E-state index contributed by atoms with van der Waals surface area (Å²) in [6.45, 7) is 28.5. The standard InChI is InChI=1S/C67H124N12O12/c1-24-31-48-63(87)73(17)38-53(80)74(18)49(34-39(2)3)60(84)72-54(43(10)11)66(90)75(19)50(35-40(4)5)59(83)69-46(15)58(82)70-47(16)62(86)76(20)51(36-41(6)7)64(88)77(21)52(37-42(8)9)65(89)78(22)55(44(12)13)67(91)79(23)56(61(85)71-48)57(81)45(14)32-29-27-25-26-28-30-33-68/h39-52,54-57,81H,24-38,68H2,1-23H3,(H,69,83)(H,70,82)(H,71,85)(H,72,84)/t45-,46-,47+,48-,49+,50-,51+,52-,54-,55-,56+,57-/m1/s1. The number of rotatable bonds is 22. The van der Waals surface area contributed by atoms with Crippen LogP contribution in [-0.4, -0.2) is 233 Å². The van der Waals surface area contributed by atoms with E-state index in [9.17, 15) is 38.7 Å². The van der Waals surface area contributed by atoms with Gasteiger partial charge in [-0.25, -0.2) is 0 Å². The number of likely N-dealkylation sites (N-methyl/N-ethyl adjacent to an activating group) is 7. The molecule has 11 amide bonds. The second-order valence-corrected chi connectivity index (χ2v) is 28.4. The van der Waals surface area contributed by atoms with E-state index in [-0.39, 0.29) is 55.8 Å². The molecular formula is C67H124N12O12. The first-order valence-corrected chi connectivity index (χ1v) is 33.7. The smallest absolute Gasteiger partial charge is 0.246 e. The van der Waals surface area contributed by atoms with Crippen LogP contribution in [-0.2, 0) is 52.7 Å². The SMILES string of the molecule is CCC[C@H]1NC(=O)[C@H]([C@H](O)[C@H](C)CCCCCCCCN)N(C)C(=O)[C@@H](C(C)C)N(C)C(=O)[C@@H](CC(C)C)N(C)C(=O)[C@H](CC(C)C)N(C)C(=O)[C@H](C)NC(=O)[C@@H](C)NC(=O)[C@@H](CC(C)C)N(C)C(=O)[C@@H](C(C)C)NC(=O)[C@H](CC(C)C)N(C)C(=O)CN(C)C1=O. The molecule has 1 aliphatic heterocycles. The summed E-state index contributed by atoms with van der Waals surface area (Å²) in [7, 11) is 10.0. The van der Waals surface area contributed by atoms with E-state index in [2.05, 4.69) is 21.3 Å². The van der Waals surface area contributed by atoms with Crippen molar-refractivity contribution in [1.29, 1.82) is 0 Å². The summed E-state index contributed by atoms with van der Waals surface area (Å²) >= 11 is 0. The van der Waals surface area contributed by atoms with Gasteiger partial charge in [0.2, 0.25) is 65.0 Å². The Morgan fingerprint density at radius 2 is 0.857 bits per heavy atom. The quantitative estimate of drug-likeness (QED) is 0.0822.